The van der Waals surface area contributed by atoms with Gasteiger partial charge in [0, 0.05) is 17.6 Å². The molecule has 1 aliphatic heterocycles. The molecule has 0 radical (unpaired) electrons. The molecule has 0 aliphatic carbocycles. The van der Waals surface area contributed by atoms with Crippen molar-refractivity contribution in [3.63, 3.8) is 0 Å². The van der Waals surface area contributed by atoms with E-state index in [4.69, 9.17) is 17.0 Å². The number of thiocarbonyl (C=S) groups is 1. The van der Waals surface area contributed by atoms with E-state index >= 15 is 0 Å². The maximum atomic E-state index is 13.3. The van der Waals surface area contributed by atoms with Gasteiger partial charge in [0.15, 0.2) is 5.11 Å². The summed E-state index contributed by atoms with van der Waals surface area (Å²) in [6, 6.07) is 16.3. The number of nitrogens with one attached hydrogen (secondary N) is 1. The van der Waals surface area contributed by atoms with Crippen molar-refractivity contribution in [2.24, 2.45) is 0 Å². The highest BCUT2D eigenvalue weighted by atomic mass is 32.1. The van der Waals surface area contributed by atoms with Crippen molar-refractivity contribution in [2.45, 2.75) is 0 Å². The van der Waals surface area contributed by atoms with Crippen LogP contribution in [0, 0.1) is 5.82 Å². The lowest BCUT2D eigenvalue weighted by Crippen LogP contribution is -2.54. The van der Waals surface area contributed by atoms with Crippen LogP contribution < -0.4 is 15.0 Å². The van der Waals surface area contributed by atoms with Crippen LogP contribution in [0.1, 0.15) is 5.69 Å². The largest absolute Gasteiger partial charge is 0.497 e. The number of nitrogens with zero attached hydrogens (tertiary/aromatic N) is 2. The number of carbonyl (C=O) groups excluding carboxylic acids is 2. The predicted molar refractivity (Wildman–Crippen MR) is 115 cm³/mol. The minimum Gasteiger partial charge on any atom is -0.497 e. The van der Waals surface area contributed by atoms with Crippen LogP contribution in [0.2, 0.25) is 0 Å². The highest BCUT2D eigenvalue weighted by Crippen LogP contribution is 2.24. The first-order chi connectivity index (χ1) is 14.5. The second kappa shape index (κ2) is 7.92. The summed E-state index contributed by atoms with van der Waals surface area (Å²) in [6.45, 7) is 0. The highest BCUT2D eigenvalue weighted by molar-refractivity contribution is 7.80. The summed E-state index contributed by atoms with van der Waals surface area (Å²) in [5, 5.41) is 2.46. The zero-order chi connectivity index (χ0) is 21.3. The highest BCUT2D eigenvalue weighted by Gasteiger charge is 2.34. The number of amides is 2. The van der Waals surface area contributed by atoms with Gasteiger partial charge in [0.2, 0.25) is 0 Å². The van der Waals surface area contributed by atoms with Gasteiger partial charge >= 0.3 is 0 Å². The number of hydrogen-bond acceptors (Lipinski definition) is 4. The zero-order valence-electron chi connectivity index (χ0n) is 15.8. The summed E-state index contributed by atoms with van der Waals surface area (Å²) in [5.74, 6) is -0.897. The summed E-state index contributed by atoms with van der Waals surface area (Å²) in [5.41, 5.74) is 1.75. The minimum atomic E-state index is -0.592. The summed E-state index contributed by atoms with van der Waals surface area (Å²) < 4.78 is 20.3. The molecule has 0 saturated carbocycles. The fourth-order valence-electron chi connectivity index (χ4n) is 3.12. The number of hydrogen-bond donors (Lipinski definition) is 1. The van der Waals surface area contributed by atoms with Gasteiger partial charge in [-0.3, -0.25) is 19.8 Å². The van der Waals surface area contributed by atoms with Crippen molar-refractivity contribution in [1.29, 1.82) is 0 Å². The van der Waals surface area contributed by atoms with E-state index < -0.39 is 17.6 Å². The third-order valence-electron chi connectivity index (χ3n) is 4.61. The van der Waals surface area contributed by atoms with Crippen molar-refractivity contribution >= 4 is 40.9 Å². The molecule has 0 bridgehead atoms. The van der Waals surface area contributed by atoms with Gasteiger partial charge in [-0.2, -0.15) is 0 Å². The normalized spacial score (nSPS) is 15.5. The molecular weight excluding hydrogens is 405 g/mol. The molecule has 2 heterocycles. The molecule has 3 aromatic rings. The molecule has 2 amide bonds. The van der Waals surface area contributed by atoms with Crippen LogP contribution >= 0.6 is 12.2 Å². The lowest BCUT2D eigenvalue weighted by molar-refractivity contribution is -0.122. The third kappa shape index (κ3) is 3.60. The van der Waals surface area contributed by atoms with Gasteiger partial charge in [-0.05, 0) is 79.0 Å². The van der Waals surface area contributed by atoms with Crippen molar-refractivity contribution in [2.75, 3.05) is 12.0 Å². The molecule has 1 aliphatic rings. The van der Waals surface area contributed by atoms with Crippen molar-refractivity contribution in [3.8, 4) is 11.4 Å². The molecule has 1 saturated heterocycles. The van der Waals surface area contributed by atoms with Crippen LogP contribution in [-0.2, 0) is 9.59 Å². The lowest BCUT2D eigenvalue weighted by Gasteiger charge is -2.28. The maximum absolute atomic E-state index is 13.3. The van der Waals surface area contributed by atoms with Gasteiger partial charge in [0.1, 0.15) is 17.1 Å². The number of methoxy groups -OCH3 is 1. The molecule has 1 N–H and O–H groups in total. The fourth-order valence-corrected chi connectivity index (χ4v) is 3.40. The number of ether oxygens (including phenoxy) is 1. The number of benzene rings is 2. The van der Waals surface area contributed by atoms with Crippen LogP contribution in [0.4, 0.5) is 10.1 Å². The molecule has 0 unspecified atom stereocenters. The predicted octanol–water partition coefficient (Wildman–Crippen LogP) is 3.46. The van der Waals surface area contributed by atoms with E-state index in [0.717, 1.165) is 11.4 Å². The van der Waals surface area contributed by atoms with Crippen molar-refractivity contribution < 1.29 is 18.7 Å². The van der Waals surface area contributed by atoms with E-state index in [-0.39, 0.29) is 10.7 Å². The second-order valence-corrected chi connectivity index (χ2v) is 6.82. The van der Waals surface area contributed by atoms with Crippen LogP contribution in [0.15, 0.2) is 72.4 Å². The molecule has 30 heavy (non-hydrogen) atoms. The smallest absolute Gasteiger partial charge is 0.270 e. The Labute approximate surface area is 177 Å². The Morgan fingerprint density at radius 1 is 1.00 bits per heavy atom. The first-order valence-electron chi connectivity index (χ1n) is 8.97. The lowest BCUT2D eigenvalue weighted by atomic mass is 10.1. The number of carbonyl (C=O) groups is 2. The third-order valence-corrected chi connectivity index (χ3v) is 4.89. The molecule has 0 atom stereocenters. The molecule has 1 aromatic heterocycles. The fraction of sp³-hybridized carbons (Fsp3) is 0.0455. The van der Waals surface area contributed by atoms with Crippen molar-refractivity contribution in [3.05, 3.63) is 83.9 Å². The minimum absolute atomic E-state index is 0.0562. The molecule has 2 aromatic carbocycles. The maximum Gasteiger partial charge on any atom is 0.270 e. The number of aromatic nitrogens is 1. The monoisotopic (exact) mass is 421 g/mol. The molecule has 1 fully saturated rings. The van der Waals surface area contributed by atoms with E-state index in [1.807, 2.05) is 41.1 Å². The summed E-state index contributed by atoms with van der Waals surface area (Å²) >= 11 is 5.16. The number of rotatable bonds is 4. The quantitative estimate of drug-likeness (QED) is 0.398. The Morgan fingerprint density at radius 2 is 1.67 bits per heavy atom. The van der Waals surface area contributed by atoms with E-state index in [9.17, 15) is 14.0 Å². The van der Waals surface area contributed by atoms with Crippen LogP contribution in [0.25, 0.3) is 11.8 Å². The van der Waals surface area contributed by atoms with Crippen LogP contribution in [0.3, 0.4) is 0 Å². The average molecular weight is 421 g/mol. The van der Waals surface area contributed by atoms with Crippen LogP contribution in [-0.4, -0.2) is 28.6 Å². The topological polar surface area (TPSA) is 63.6 Å². The van der Waals surface area contributed by atoms with Gasteiger partial charge in [-0.25, -0.2) is 4.39 Å². The molecule has 0 spiro atoms. The van der Waals surface area contributed by atoms with E-state index in [1.165, 1.54) is 35.2 Å². The number of anilines is 1. The first kappa shape index (κ1) is 19.5. The molecule has 6 nitrogen and oxygen atoms in total. The Balaban J connectivity index is 1.71. The zero-order valence-corrected chi connectivity index (χ0v) is 16.7. The summed E-state index contributed by atoms with van der Waals surface area (Å²) in [6.07, 6.45) is 3.32. The summed E-state index contributed by atoms with van der Waals surface area (Å²) in [4.78, 5) is 26.8. The Bertz CT molecular complexity index is 1170. The first-order valence-corrected chi connectivity index (χ1v) is 9.37. The van der Waals surface area contributed by atoms with Crippen molar-refractivity contribution in [1.82, 2.24) is 9.88 Å². The molecule has 8 heteroatoms. The molecule has 150 valence electrons. The summed E-state index contributed by atoms with van der Waals surface area (Å²) in [7, 11) is 1.59. The molecular formula is C22H16FN3O3S. The Morgan fingerprint density at radius 3 is 2.33 bits per heavy atom. The van der Waals surface area contributed by atoms with Gasteiger partial charge in [-0.15, -0.1) is 0 Å². The van der Waals surface area contributed by atoms with E-state index in [0.29, 0.717) is 11.4 Å². The Hall–Kier alpha value is -3.78. The van der Waals surface area contributed by atoms with Gasteiger partial charge in [-0.1, -0.05) is 0 Å². The van der Waals surface area contributed by atoms with Gasteiger partial charge < -0.3 is 9.30 Å². The van der Waals surface area contributed by atoms with Crippen LogP contribution in [0.5, 0.6) is 5.75 Å². The Kier molecular flexibility index (Phi) is 5.16. The SMILES string of the molecule is COc1ccc(-n2cccc2/C=C2/C(=O)NC(=S)N(c3ccc(F)cc3)C2=O)cc1. The number of halogens is 1. The van der Waals surface area contributed by atoms with Gasteiger partial charge in [0.25, 0.3) is 11.8 Å². The van der Waals surface area contributed by atoms with E-state index in [2.05, 4.69) is 5.32 Å². The van der Waals surface area contributed by atoms with E-state index in [1.54, 1.807) is 13.2 Å². The standard InChI is InChI=1S/C22H16FN3O3S/c1-29-18-10-8-15(9-11-18)25-12-2-3-17(25)13-19-20(27)24-22(30)26(21(19)28)16-6-4-14(23)5-7-16/h2-13H,1H3,(H,24,27,30)/b19-13-. The molecule has 4 rings (SSSR count). The van der Waals surface area contributed by atoms with Gasteiger partial charge in [0.05, 0.1) is 12.8 Å². The second-order valence-electron chi connectivity index (χ2n) is 6.44. The average Bonchev–Trinajstić information content (AvgIpc) is 3.20.